The second-order valence-electron chi connectivity index (χ2n) is 7.90. The van der Waals surface area contributed by atoms with Gasteiger partial charge in [0.1, 0.15) is 11.6 Å². The Morgan fingerprint density at radius 3 is 2.08 bits per heavy atom. The molecule has 0 bridgehead atoms. The van der Waals surface area contributed by atoms with Gasteiger partial charge in [-0.1, -0.05) is 28.0 Å². The third-order valence-corrected chi connectivity index (χ3v) is 8.54. The maximum atomic E-state index is 13.5. The van der Waals surface area contributed by atoms with Gasteiger partial charge in [0, 0.05) is 17.3 Å². The van der Waals surface area contributed by atoms with Crippen LogP contribution in [0.25, 0.3) is 34.0 Å². The summed E-state index contributed by atoms with van der Waals surface area (Å²) in [6.45, 7) is -0.330. The summed E-state index contributed by atoms with van der Waals surface area (Å²) in [5.74, 6) is 0.0871. The number of H-pyrrole nitrogens is 1. The predicted octanol–water partition coefficient (Wildman–Crippen LogP) is 3.07. The summed E-state index contributed by atoms with van der Waals surface area (Å²) in [5, 5.41) is 0. The number of aromatic nitrogens is 4. The lowest BCUT2D eigenvalue weighted by molar-refractivity contribution is 0.380. The van der Waals surface area contributed by atoms with Crippen LogP contribution < -0.4 is 4.74 Å². The SMILES string of the molecule is COc1nccc(-c2[nH]c(-c3ccc(CN(S(C)(=O)=O)S(C)(=O)=O)cc3)nc2-c2ccc(F)cc2)n1. The van der Waals surface area contributed by atoms with E-state index in [1.54, 1.807) is 48.7 Å². The van der Waals surface area contributed by atoms with Crippen LogP contribution in [-0.4, -0.2) is 60.1 Å². The molecule has 188 valence electrons. The standard InChI is InChI=1S/C23H22FN5O5S2/c1-34-23-25-13-12-19(26-23)21-20(16-8-10-18(24)11-9-16)27-22(28-21)17-6-4-15(5-7-17)14-29(35(2,30)31)36(3,32)33/h4-13H,14H2,1-3H3,(H,27,28). The maximum absolute atomic E-state index is 13.5. The van der Waals surface area contributed by atoms with E-state index in [-0.39, 0.29) is 18.4 Å². The van der Waals surface area contributed by atoms with Crippen molar-refractivity contribution in [3.8, 4) is 40.0 Å². The van der Waals surface area contributed by atoms with Gasteiger partial charge < -0.3 is 9.72 Å². The van der Waals surface area contributed by atoms with Gasteiger partial charge in [0.2, 0.25) is 20.0 Å². The molecule has 0 aliphatic carbocycles. The minimum absolute atomic E-state index is 0.166. The molecular formula is C23H22FN5O5S2. The Bertz CT molecular complexity index is 1570. The van der Waals surface area contributed by atoms with Crippen molar-refractivity contribution >= 4 is 20.0 Å². The number of aromatic amines is 1. The average molecular weight is 532 g/mol. The molecule has 13 heteroatoms. The van der Waals surface area contributed by atoms with Crippen LogP contribution in [0.3, 0.4) is 0 Å². The van der Waals surface area contributed by atoms with E-state index in [1.807, 2.05) is 0 Å². The van der Waals surface area contributed by atoms with E-state index >= 15 is 0 Å². The van der Waals surface area contributed by atoms with Crippen LogP contribution in [0.5, 0.6) is 6.01 Å². The molecule has 0 fully saturated rings. The van der Waals surface area contributed by atoms with Gasteiger partial charge in [0.15, 0.2) is 0 Å². The highest BCUT2D eigenvalue weighted by Gasteiger charge is 2.27. The topological polar surface area (TPSA) is 135 Å². The van der Waals surface area contributed by atoms with E-state index < -0.39 is 20.0 Å². The molecule has 2 aromatic heterocycles. The third-order valence-electron chi connectivity index (χ3n) is 5.17. The number of imidazole rings is 1. The minimum Gasteiger partial charge on any atom is -0.467 e. The number of halogens is 1. The summed E-state index contributed by atoms with van der Waals surface area (Å²) in [5.41, 5.74) is 3.37. The predicted molar refractivity (Wildman–Crippen MR) is 132 cm³/mol. The number of sulfonamides is 2. The zero-order valence-corrected chi connectivity index (χ0v) is 21.1. The Balaban J connectivity index is 1.74. The first kappa shape index (κ1) is 25.4. The van der Waals surface area contributed by atoms with Crippen molar-refractivity contribution in [1.82, 2.24) is 23.6 Å². The van der Waals surface area contributed by atoms with Crippen LogP contribution in [0.2, 0.25) is 0 Å². The number of benzene rings is 2. The highest BCUT2D eigenvalue weighted by molar-refractivity contribution is 8.03. The van der Waals surface area contributed by atoms with Gasteiger partial charge >= 0.3 is 6.01 Å². The van der Waals surface area contributed by atoms with Gasteiger partial charge in [-0.05, 0) is 35.9 Å². The second-order valence-corrected chi connectivity index (χ2v) is 11.9. The first-order chi connectivity index (χ1) is 17.0. The van der Waals surface area contributed by atoms with E-state index in [2.05, 4.69) is 15.0 Å². The molecule has 10 nitrogen and oxygen atoms in total. The highest BCUT2D eigenvalue weighted by atomic mass is 32.3. The first-order valence-corrected chi connectivity index (χ1v) is 14.2. The summed E-state index contributed by atoms with van der Waals surface area (Å²) in [7, 11) is -6.50. The van der Waals surface area contributed by atoms with Crippen LogP contribution in [0, 0.1) is 5.82 Å². The third kappa shape index (κ3) is 5.58. The number of nitrogens with one attached hydrogen (secondary N) is 1. The van der Waals surface area contributed by atoms with Gasteiger partial charge in [-0.2, -0.15) is 4.98 Å². The molecule has 0 aliphatic rings. The molecule has 4 rings (SSSR count). The van der Waals surface area contributed by atoms with Crippen LogP contribution in [-0.2, 0) is 26.6 Å². The first-order valence-electron chi connectivity index (χ1n) is 10.5. The number of methoxy groups -OCH3 is 1. The van der Waals surface area contributed by atoms with E-state index in [0.29, 0.717) is 43.3 Å². The molecule has 1 N–H and O–H groups in total. The largest absolute Gasteiger partial charge is 0.467 e. The van der Waals surface area contributed by atoms with E-state index in [1.165, 1.54) is 19.2 Å². The normalized spacial score (nSPS) is 12.1. The van der Waals surface area contributed by atoms with E-state index in [9.17, 15) is 21.2 Å². The summed E-state index contributed by atoms with van der Waals surface area (Å²) in [4.78, 5) is 16.3. The Kier molecular flexibility index (Phi) is 6.89. The molecule has 2 aromatic carbocycles. The fraction of sp³-hybridized carbons (Fsp3) is 0.174. The molecule has 4 aromatic rings. The van der Waals surface area contributed by atoms with E-state index in [4.69, 9.17) is 9.72 Å². The van der Waals surface area contributed by atoms with Crippen molar-refractivity contribution in [2.75, 3.05) is 19.6 Å². The summed E-state index contributed by atoms with van der Waals surface area (Å²) in [6.07, 6.45) is 3.22. The fourth-order valence-corrected chi connectivity index (χ4v) is 6.22. The number of hydrogen-bond acceptors (Lipinski definition) is 8. The summed E-state index contributed by atoms with van der Waals surface area (Å²) in [6, 6.07) is 14.3. The Morgan fingerprint density at radius 2 is 1.50 bits per heavy atom. The van der Waals surface area contributed by atoms with Crippen molar-refractivity contribution in [3.05, 3.63) is 72.2 Å². The highest BCUT2D eigenvalue weighted by Crippen LogP contribution is 2.33. The minimum atomic E-state index is -3.98. The van der Waals surface area contributed by atoms with Crippen molar-refractivity contribution in [3.63, 3.8) is 0 Å². The molecule has 0 aliphatic heterocycles. The molecule has 0 spiro atoms. The Morgan fingerprint density at radius 1 is 0.889 bits per heavy atom. The van der Waals surface area contributed by atoms with E-state index in [0.717, 1.165) is 12.5 Å². The smallest absolute Gasteiger partial charge is 0.316 e. The van der Waals surface area contributed by atoms with Crippen LogP contribution in [0.1, 0.15) is 5.56 Å². The number of hydrogen-bond donors (Lipinski definition) is 1. The molecule has 0 saturated heterocycles. The molecule has 0 unspecified atom stereocenters. The lowest BCUT2D eigenvalue weighted by Gasteiger charge is -2.17. The summed E-state index contributed by atoms with van der Waals surface area (Å²) >= 11 is 0. The summed E-state index contributed by atoms with van der Waals surface area (Å²) < 4.78 is 66.8. The zero-order chi connectivity index (χ0) is 26.1. The molecule has 0 amide bonds. The van der Waals surface area contributed by atoms with Gasteiger partial charge in [-0.15, -0.1) is 0 Å². The lowest BCUT2D eigenvalue weighted by atomic mass is 10.1. The van der Waals surface area contributed by atoms with Gasteiger partial charge in [-0.25, -0.2) is 31.2 Å². The van der Waals surface area contributed by atoms with Gasteiger partial charge in [0.05, 0.1) is 43.2 Å². The molecule has 0 saturated carbocycles. The van der Waals surface area contributed by atoms with Crippen molar-refractivity contribution in [1.29, 1.82) is 0 Å². The van der Waals surface area contributed by atoms with Crippen molar-refractivity contribution in [2.24, 2.45) is 0 Å². The number of ether oxygens (including phenoxy) is 1. The average Bonchev–Trinajstić information content (AvgIpc) is 3.27. The molecule has 2 heterocycles. The number of rotatable bonds is 8. The molecule has 36 heavy (non-hydrogen) atoms. The Hall–Kier alpha value is -3.68. The van der Waals surface area contributed by atoms with Gasteiger partial charge in [-0.3, -0.25) is 0 Å². The van der Waals surface area contributed by atoms with Gasteiger partial charge in [0.25, 0.3) is 0 Å². The van der Waals surface area contributed by atoms with Crippen LogP contribution in [0.15, 0.2) is 60.8 Å². The second kappa shape index (κ2) is 9.76. The zero-order valence-electron chi connectivity index (χ0n) is 19.5. The van der Waals surface area contributed by atoms with Crippen LogP contribution in [0.4, 0.5) is 4.39 Å². The molecular weight excluding hydrogens is 509 g/mol. The van der Waals surface area contributed by atoms with Crippen molar-refractivity contribution < 1.29 is 26.0 Å². The molecule has 0 radical (unpaired) electrons. The fourth-order valence-electron chi connectivity index (χ4n) is 3.49. The monoisotopic (exact) mass is 531 g/mol. The maximum Gasteiger partial charge on any atom is 0.316 e. The molecule has 0 atom stereocenters. The number of nitrogens with zero attached hydrogens (tertiary/aromatic N) is 4. The lowest BCUT2D eigenvalue weighted by Crippen LogP contribution is -2.34. The van der Waals surface area contributed by atoms with Crippen LogP contribution >= 0.6 is 0 Å². The Labute approximate surface area is 207 Å². The quantitative estimate of drug-likeness (QED) is 0.367. The van der Waals surface area contributed by atoms with Crippen molar-refractivity contribution in [2.45, 2.75) is 6.54 Å².